The Morgan fingerprint density at radius 1 is 1.10 bits per heavy atom. The lowest BCUT2D eigenvalue weighted by atomic mass is 10.3. The van der Waals surface area contributed by atoms with Crippen LogP contribution in [0.2, 0.25) is 0 Å². The van der Waals surface area contributed by atoms with Crippen LogP contribution >= 0.6 is 19.6 Å². The van der Waals surface area contributed by atoms with Gasteiger partial charge in [0, 0.05) is 23.7 Å². The maximum Gasteiger partial charge on any atom is 0.356 e. The summed E-state index contributed by atoms with van der Waals surface area (Å²) in [6.07, 6.45) is 0. The molecular formula is C21H25N6O9PS2. The molecule has 0 saturated heterocycles. The van der Waals surface area contributed by atoms with E-state index in [0.717, 1.165) is 6.07 Å². The molecule has 0 bridgehead atoms. The second kappa shape index (κ2) is 12.9. The molecule has 5 N–H and O–H groups in total. The van der Waals surface area contributed by atoms with E-state index in [-0.39, 0.29) is 33.1 Å². The topological polar surface area (TPSA) is 216 Å². The Morgan fingerprint density at radius 3 is 2.44 bits per heavy atom. The van der Waals surface area contributed by atoms with Crippen LogP contribution in [0, 0.1) is 6.92 Å². The molecule has 3 aromatic rings. The van der Waals surface area contributed by atoms with Gasteiger partial charge in [-0.3, -0.25) is 9.12 Å². The SMILES string of the molecule is CCN(CC)c1nc(C)c(/N=N/c2cc(SOOO)ccc2S(=O)(=O)O)c(Nc2cccc(P(=O)(O)O)c2)n1. The summed E-state index contributed by atoms with van der Waals surface area (Å²) in [4.78, 5) is 29.7. The van der Waals surface area contributed by atoms with E-state index in [1.165, 1.54) is 30.3 Å². The average Bonchev–Trinajstić information content (AvgIpc) is 2.87. The molecule has 0 radical (unpaired) electrons. The molecule has 0 spiro atoms. The zero-order chi connectivity index (χ0) is 28.8. The summed E-state index contributed by atoms with van der Waals surface area (Å²) < 4.78 is 49.6. The first-order chi connectivity index (χ1) is 18.4. The Bertz CT molecular complexity index is 1510. The van der Waals surface area contributed by atoms with E-state index in [9.17, 15) is 27.3 Å². The average molecular weight is 601 g/mol. The maximum absolute atomic E-state index is 11.9. The highest BCUT2D eigenvalue weighted by Crippen LogP contribution is 2.37. The Kier molecular flexibility index (Phi) is 10.1. The Morgan fingerprint density at radius 2 is 1.82 bits per heavy atom. The third-order valence-corrected chi connectivity index (χ3v) is 7.59. The van der Waals surface area contributed by atoms with Gasteiger partial charge in [0.05, 0.1) is 23.0 Å². The molecule has 0 fully saturated rings. The number of hydrogen-bond donors (Lipinski definition) is 5. The van der Waals surface area contributed by atoms with Crippen molar-refractivity contribution in [1.82, 2.24) is 9.97 Å². The first kappa shape index (κ1) is 30.6. The van der Waals surface area contributed by atoms with Crippen LogP contribution in [-0.4, -0.2) is 51.1 Å². The van der Waals surface area contributed by atoms with Crippen LogP contribution in [0.15, 0.2) is 62.5 Å². The maximum atomic E-state index is 11.9. The van der Waals surface area contributed by atoms with Crippen molar-refractivity contribution in [3.8, 4) is 0 Å². The molecule has 2 aromatic carbocycles. The monoisotopic (exact) mass is 600 g/mol. The molecule has 0 aliphatic rings. The molecule has 0 aliphatic carbocycles. The molecule has 1 aromatic heterocycles. The zero-order valence-electron chi connectivity index (χ0n) is 20.8. The van der Waals surface area contributed by atoms with Gasteiger partial charge < -0.3 is 20.0 Å². The van der Waals surface area contributed by atoms with Crippen LogP contribution in [-0.2, 0) is 24.1 Å². The number of aryl methyl sites for hydroxylation is 1. The fourth-order valence-corrected chi connectivity index (χ4v) is 4.90. The standard InChI is InChI=1S/C21H25N6O9PS2/c1-4-27(5-2)21-22-13(3)19(20(24-21)23-14-7-6-8-15(11-14)37(29,30)31)26-25-17-12-16(38-36-35-28)9-10-18(17)39(32,33)34/h6-12,28H,4-5H2,1-3H3,(H,22,23,24)(H2,29,30,31)(H,32,33,34)/b26-25+. The van der Waals surface area contributed by atoms with Crippen LogP contribution in [0.3, 0.4) is 0 Å². The van der Waals surface area contributed by atoms with E-state index in [4.69, 9.17) is 5.26 Å². The van der Waals surface area contributed by atoms with Crippen molar-refractivity contribution in [2.24, 2.45) is 10.2 Å². The number of rotatable bonds is 12. The minimum absolute atomic E-state index is 0.0850. The summed E-state index contributed by atoms with van der Waals surface area (Å²) in [5, 5.41) is 22.8. The summed E-state index contributed by atoms with van der Waals surface area (Å²) in [5.41, 5.74) is 0.446. The number of azo groups is 1. The van der Waals surface area contributed by atoms with Crippen LogP contribution in [0.1, 0.15) is 19.5 Å². The summed E-state index contributed by atoms with van der Waals surface area (Å²) in [6, 6.07) is 9.12. The van der Waals surface area contributed by atoms with E-state index in [1.54, 1.807) is 13.0 Å². The minimum Gasteiger partial charge on any atom is -0.341 e. The van der Waals surface area contributed by atoms with E-state index >= 15 is 0 Å². The Hall–Kier alpha value is -2.99. The molecule has 0 unspecified atom stereocenters. The van der Waals surface area contributed by atoms with Gasteiger partial charge in [-0.25, -0.2) is 10.2 Å². The molecule has 210 valence electrons. The van der Waals surface area contributed by atoms with E-state index in [0.29, 0.717) is 36.8 Å². The van der Waals surface area contributed by atoms with Crippen LogP contribution in [0.5, 0.6) is 0 Å². The lowest BCUT2D eigenvalue weighted by Crippen LogP contribution is -2.24. The summed E-state index contributed by atoms with van der Waals surface area (Å²) in [5.74, 6) is 0.468. The Labute approximate surface area is 227 Å². The second-order valence-corrected chi connectivity index (χ2v) is 11.5. The normalized spacial score (nSPS) is 12.2. The van der Waals surface area contributed by atoms with E-state index < -0.39 is 22.6 Å². The van der Waals surface area contributed by atoms with E-state index in [1.807, 2.05) is 18.7 Å². The van der Waals surface area contributed by atoms with Gasteiger partial charge in [-0.05, 0) is 57.2 Å². The van der Waals surface area contributed by atoms with Crippen molar-refractivity contribution in [2.45, 2.75) is 30.6 Å². The van der Waals surface area contributed by atoms with Gasteiger partial charge >= 0.3 is 7.60 Å². The fraction of sp³-hybridized carbons (Fsp3) is 0.238. The summed E-state index contributed by atoms with van der Waals surface area (Å²) in [7, 11) is -9.23. The molecule has 0 atom stereocenters. The summed E-state index contributed by atoms with van der Waals surface area (Å²) >= 11 is 0.540. The number of nitrogens with one attached hydrogen (secondary N) is 1. The zero-order valence-corrected chi connectivity index (χ0v) is 23.3. The molecule has 0 aliphatic heterocycles. The highest BCUT2D eigenvalue weighted by molar-refractivity contribution is 7.94. The molecule has 15 nitrogen and oxygen atoms in total. The number of anilines is 3. The second-order valence-electron chi connectivity index (χ2n) is 7.73. The predicted molar refractivity (Wildman–Crippen MR) is 143 cm³/mol. The summed E-state index contributed by atoms with van der Waals surface area (Å²) in [6.45, 7) is 6.64. The molecule has 0 amide bonds. The number of nitrogens with zero attached hydrogens (tertiary/aromatic N) is 5. The van der Waals surface area contributed by atoms with E-state index in [2.05, 4.69) is 34.9 Å². The van der Waals surface area contributed by atoms with Crippen molar-refractivity contribution in [1.29, 1.82) is 0 Å². The fourth-order valence-electron chi connectivity index (χ4n) is 3.31. The van der Waals surface area contributed by atoms with Crippen molar-refractivity contribution < 1.29 is 42.0 Å². The molecule has 1 heterocycles. The van der Waals surface area contributed by atoms with Gasteiger partial charge in [-0.2, -0.15) is 13.4 Å². The first-order valence-electron chi connectivity index (χ1n) is 11.1. The van der Waals surface area contributed by atoms with Crippen molar-refractivity contribution >= 4 is 63.9 Å². The van der Waals surface area contributed by atoms with Crippen LogP contribution < -0.4 is 15.5 Å². The first-order valence-corrected chi connectivity index (χ1v) is 14.9. The molecule has 0 saturated carbocycles. The van der Waals surface area contributed by atoms with Gasteiger partial charge in [0.25, 0.3) is 10.1 Å². The van der Waals surface area contributed by atoms with Crippen molar-refractivity contribution in [2.75, 3.05) is 23.3 Å². The quantitative estimate of drug-likeness (QED) is 0.0490. The molecule has 18 heteroatoms. The van der Waals surface area contributed by atoms with Gasteiger partial charge in [-0.15, -0.1) is 14.6 Å². The Balaban J connectivity index is 2.15. The number of hydrogen-bond acceptors (Lipinski definition) is 13. The van der Waals surface area contributed by atoms with Gasteiger partial charge in [-0.1, -0.05) is 11.1 Å². The smallest absolute Gasteiger partial charge is 0.341 e. The molecule has 39 heavy (non-hydrogen) atoms. The van der Waals surface area contributed by atoms with Crippen molar-refractivity contribution in [3.63, 3.8) is 0 Å². The van der Waals surface area contributed by atoms with Gasteiger partial charge in [0.2, 0.25) is 5.95 Å². The minimum atomic E-state index is -4.70. The number of benzene rings is 2. The largest absolute Gasteiger partial charge is 0.356 e. The van der Waals surface area contributed by atoms with Crippen LogP contribution in [0.4, 0.5) is 28.8 Å². The number of aromatic nitrogens is 2. The van der Waals surface area contributed by atoms with Gasteiger partial charge in [0.1, 0.15) is 16.3 Å². The lowest BCUT2D eigenvalue weighted by molar-refractivity contribution is -0.432. The van der Waals surface area contributed by atoms with Gasteiger partial charge in [0.15, 0.2) is 5.82 Å². The lowest BCUT2D eigenvalue weighted by Gasteiger charge is -2.21. The highest BCUT2D eigenvalue weighted by Gasteiger charge is 2.20. The molecule has 3 rings (SSSR count). The van der Waals surface area contributed by atoms with Crippen molar-refractivity contribution in [3.05, 3.63) is 48.2 Å². The third-order valence-electron chi connectivity index (χ3n) is 5.16. The predicted octanol–water partition coefficient (Wildman–Crippen LogP) is 4.27. The molecular weight excluding hydrogens is 575 g/mol. The van der Waals surface area contributed by atoms with Crippen LogP contribution in [0.25, 0.3) is 0 Å². The highest BCUT2D eigenvalue weighted by atomic mass is 32.2. The third kappa shape index (κ3) is 8.01.